The lowest BCUT2D eigenvalue weighted by atomic mass is 10.2. The van der Waals surface area contributed by atoms with Crippen molar-refractivity contribution in [1.82, 2.24) is 9.55 Å². The number of nitrogens with zero attached hydrogens (tertiary/aromatic N) is 2. The van der Waals surface area contributed by atoms with Gasteiger partial charge in [-0.3, -0.25) is 4.79 Å². The van der Waals surface area contributed by atoms with Crippen molar-refractivity contribution in [1.29, 1.82) is 0 Å². The molecule has 0 unspecified atom stereocenters. The van der Waals surface area contributed by atoms with Crippen LogP contribution in [0, 0.1) is 5.82 Å². The van der Waals surface area contributed by atoms with Gasteiger partial charge < -0.3 is 9.88 Å². The smallest absolute Gasteiger partial charge is 0.246 e. The minimum Gasteiger partial charge on any atom is -0.338 e. The van der Waals surface area contributed by atoms with E-state index in [4.69, 9.17) is 0 Å². The number of hydrogen-bond donors (Lipinski definition) is 1. The van der Waals surface area contributed by atoms with Crippen molar-refractivity contribution in [3.8, 4) is 0 Å². The number of thiazole rings is 1. The van der Waals surface area contributed by atoms with Crippen molar-refractivity contribution < 1.29 is 9.18 Å². The van der Waals surface area contributed by atoms with Crippen LogP contribution in [0.15, 0.2) is 42.0 Å². The standard InChI is InChI=1S/C13H10FN3OS/c14-10-2-1-9-3-5-17(11(9)7-10)8-12(18)16-13-15-4-6-19-13/h1-7H,8H2,(H,15,16,18). The lowest BCUT2D eigenvalue weighted by Gasteiger charge is -2.05. The third-order valence-electron chi connectivity index (χ3n) is 2.73. The monoisotopic (exact) mass is 275 g/mol. The Kier molecular flexibility index (Phi) is 3.00. The number of benzene rings is 1. The summed E-state index contributed by atoms with van der Waals surface area (Å²) in [6.45, 7) is 0.131. The van der Waals surface area contributed by atoms with E-state index in [9.17, 15) is 9.18 Å². The second-order valence-corrected chi connectivity index (χ2v) is 4.93. The summed E-state index contributed by atoms with van der Waals surface area (Å²) < 4.78 is 14.9. The number of halogens is 1. The predicted molar refractivity (Wildman–Crippen MR) is 72.6 cm³/mol. The van der Waals surface area contributed by atoms with E-state index < -0.39 is 0 Å². The third-order valence-corrected chi connectivity index (χ3v) is 3.42. The van der Waals surface area contributed by atoms with Crippen LogP contribution in [0.25, 0.3) is 10.9 Å². The van der Waals surface area contributed by atoms with E-state index in [1.54, 1.807) is 28.4 Å². The van der Waals surface area contributed by atoms with Gasteiger partial charge in [-0.2, -0.15) is 0 Å². The Morgan fingerprint density at radius 3 is 3.11 bits per heavy atom. The summed E-state index contributed by atoms with van der Waals surface area (Å²) in [4.78, 5) is 15.8. The molecule has 0 fully saturated rings. The molecule has 6 heteroatoms. The number of rotatable bonds is 3. The van der Waals surface area contributed by atoms with Crippen LogP contribution in [-0.4, -0.2) is 15.5 Å². The highest BCUT2D eigenvalue weighted by Crippen LogP contribution is 2.17. The molecule has 0 bridgehead atoms. The van der Waals surface area contributed by atoms with E-state index >= 15 is 0 Å². The molecule has 1 aromatic carbocycles. The molecule has 1 amide bonds. The van der Waals surface area contributed by atoms with Gasteiger partial charge in [-0.1, -0.05) is 0 Å². The zero-order valence-corrected chi connectivity index (χ0v) is 10.7. The Bertz CT molecular complexity index is 721. The zero-order valence-electron chi connectivity index (χ0n) is 9.84. The van der Waals surface area contributed by atoms with Crippen LogP contribution in [0.5, 0.6) is 0 Å². The van der Waals surface area contributed by atoms with Crippen molar-refractivity contribution in [3.05, 3.63) is 47.9 Å². The van der Waals surface area contributed by atoms with Crippen LogP contribution >= 0.6 is 11.3 Å². The van der Waals surface area contributed by atoms with Crippen LogP contribution < -0.4 is 5.32 Å². The van der Waals surface area contributed by atoms with E-state index in [2.05, 4.69) is 10.3 Å². The predicted octanol–water partition coefficient (Wildman–Crippen LogP) is 2.88. The number of hydrogen-bond acceptors (Lipinski definition) is 3. The van der Waals surface area contributed by atoms with Crippen molar-refractivity contribution >= 4 is 33.3 Å². The molecular weight excluding hydrogens is 265 g/mol. The first-order chi connectivity index (χ1) is 9.22. The largest absolute Gasteiger partial charge is 0.338 e. The molecule has 2 heterocycles. The van der Waals surface area contributed by atoms with Crippen molar-refractivity contribution in [2.24, 2.45) is 0 Å². The fourth-order valence-electron chi connectivity index (χ4n) is 1.89. The van der Waals surface area contributed by atoms with Crippen LogP contribution in [0.3, 0.4) is 0 Å². The van der Waals surface area contributed by atoms with Crippen LogP contribution in [0.2, 0.25) is 0 Å². The Hall–Kier alpha value is -2.21. The molecule has 3 aromatic rings. The second-order valence-electron chi connectivity index (χ2n) is 4.03. The SMILES string of the molecule is O=C(Cn1ccc2ccc(F)cc21)Nc1nccs1. The van der Waals surface area contributed by atoms with Gasteiger partial charge >= 0.3 is 0 Å². The first-order valence-electron chi connectivity index (χ1n) is 5.66. The molecule has 0 atom stereocenters. The number of carbonyl (C=O) groups is 1. The van der Waals surface area contributed by atoms with Gasteiger partial charge in [0.1, 0.15) is 12.4 Å². The van der Waals surface area contributed by atoms with Crippen molar-refractivity contribution in [2.75, 3.05) is 5.32 Å². The normalized spacial score (nSPS) is 10.8. The van der Waals surface area contributed by atoms with Crippen molar-refractivity contribution in [3.63, 3.8) is 0 Å². The van der Waals surface area contributed by atoms with Gasteiger partial charge in [-0.25, -0.2) is 9.37 Å². The number of nitrogens with one attached hydrogen (secondary N) is 1. The summed E-state index contributed by atoms with van der Waals surface area (Å²) in [6, 6.07) is 6.37. The quantitative estimate of drug-likeness (QED) is 0.799. The molecule has 2 aromatic heterocycles. The summed E-state index contributed by atoms with van der Waals surface area (Å²) in [5, 5.41) is 5.95. The minimum absolute atomic E-state index is 0.131. The fourth-order valence-corrected chi connectivity index (χ4v) is 2.44. The molecule has 3 rings (SSSR count). The van der Waals surface area contributed by atoms with Crippen LogP contribution in [0.4, 0.5) is 9.52 Å². The Morgan fingerprint density at radius 2 is 2.32 bits per heavy atom. The maximum absolute atomic E-state index is 13.2. The number of aromatic nitrogens is 2. The summed E-state index contributed by atoms with van der Waals surface area (Å²) in [7, 11) is 0. The second kappa shape index (κ2) is 4.81. The topological polar surface area (TPSA) is 46.9 Å². The van der Waals surface area contributed by atoms with Gasteiger partial charge in [-0.15, -0.1) is 11.3 Å². The molecule has 0 aliphatic heterocycles. The van der Waals surface area contributed by atoms with Crippen LogP contribution in [-0.2, 0) is 11.3 Å². The lowest BCUT2D eigenvalue weighted by Crippen LogP contribution is -2.18. The number of fused-ring (bicyclic) bond motifs is 1. The Labute approximate surface area is 112 Å². The van der Waals surface area contributed by atoms with Gasteiger partial charge in [0.25, 0.3) is 0 Å². The highest BCUT2D eigenvalue weighted by Gasteiger charge is 2.08. The van der Waals surface area contributed by atoms with Crippen molar-refractivity contribution in [2.45, 2.75) is 6.54 Å². The molecule has 0 saturated heterocycles. The fraction of sp³-hybridized carbons (Fsp3) is 0.0769. The molecule has 0 aliphatic rings. The lowest BCUT2D eigenvalue weighted by molar-refractivity contribution is -0.116. The van der Waals surface area contributed by atoms with Gasteiger partial charge in [0.15, 0.2) is 5.13 Å². The molecule has 0 saturated carbocycles. The number of amides is 1. The van der Waals surface area contributed by atoms with Gasteiger partial charge in [0.05, 0.1) is 5.52 Å². The molecule has 96 valence electrons. The Balaban J connectivity index is 1.81. The molecule has 0 aliphatic carbocycles. The van der Waals surface area contributed by atoms with E-state index in [1.807, 2.05) is 6.07 Å². The highest BCUT2D eigenvalue weighted by molar-refractivity contribution is 7.13. The van der Waals surface area contributed by atoms with E-state index in [-0.39, 0.29) is 18.3 Å². The Morgan fingerprint density at radius 1 is 1.42 bits per heavy atom. The van der Waals surface area contributed by atoms with Gasteiger partial charge in [-0.05, 0) is 29.7 Å². The average Bonchev–Trinajstić information content (AvgIpc) is 3.00. The summed E-state index contributed by atoms with van der Waals surface area (Å²) >= 11 is 1.36. The van der Waals surface area contributed by atoms with Gasteiger partial charge in [0, 0.05) is 17.8 Å². The molecule has 4 nitrogen and oxygen atoms in total. The molecule has 0 spiro atoms. The van der Waals surface area contributed by atoms with E-state index in [1.165, 1.54) is 23.5 Å². The molecule has 0 radical (unpaired) electrons. The summed E-state index contributed by atoms with van der Waals surface area (Å²) in [6.07, 6.45) is 3.40. The van der Waals surface area contributed by atoms with E-state index in [0.717, 1.165) is 5.39 Å². The maximum Gasteiger partial charge on any atom is 0.246 e. The highest BCUT2D eigenvalue weighted by atomic mass is 32.1. The first-order valence-corrected chi connectivity index (χ1v) is 6.54. The zero-order chi connectivity index (χ0) is 13.2. The molecule has 19 heavy (non-hydrogen) atoms. The summed E-state index contributed by atoms with van der Waals surface area (Å²) in [5.41, 5.74) is 0.703. The maximum atomic E-state index is 13.2. The number of carbonyl (C=O) groups excluding carboxylic acids is 1. The van der Waals surface area contributed by atoms with E-state index in [0.29, 0.717) is 10.6 Å². The molecular formula is C13H10FN3OS. The molecule has 1 N–H and O–H groups in total. The average molecular weight is 275 g/mol. The van der Waals surface area contributed by atoms with Crippen LogP contribution in [0.1, 0.15) is 0 Å². The third kappa shape index (κ3) is 2.48. The number of anilines is 1. The minimum atomic E-state index is -0.312. The first kappa shape index (κ1) is 11.9. The summed E-state index contributed by atoms with van der Waals surface area (Å²) in [5.74, 6) is -0.496. The van der Waals surface area contributed by atoms with Gasteiger partial charge in [0.2, 0.25) is 5.91 Å².